The van der Waals surface area contributed by atoms with Crippen LogP contribution in [0.15, 0.2) is 67.0 Å². The Morgan fingerprint density at radius 1 is 0.964 bits per heavy atom. The molecule has 5 N–H and O–H groups in total. The minimum atomic E-state index is -5.08. The molecule has 0 aliphatic carbocycles. The van der Waals surface area contributed by atoms with E-state index in [1.165, 1.54) is 6.42 Å². The summed E-state index contributed by atoms with van der Waals surface area (Å²) in [4.78, 5) is 32.6. The van der Waals surface area contributed by atoms with Gasteiger partial charge in [0, 0.05) is 55.2 Å². The van der Waals surface area contributed by atoms with E-state index >= 15 is 0 Å². The Balaban J connectivity index is 0.000000283. The van der Waals surface area contributed by atoms with Crippen molar-refractivity contribution in [2.45, 2.75) is 65.5 Å². The number of aromatic amines is 2. The lowest BCUT2D eigenvalue weighted by Gasteiger charge is -2.33. The molecule has 15 heteroatoms. The third-order valence-electron chi connectivity index (χ3n) is 9.08. The summed E-state index contributed by atoms with van der Waals surface area (Å²) >= 11 is 0. The average molecular weight is 766 g/mol. The number of halogens is 3. The molecule has 3 aromatic heterocycles. The molecule has 55 heavy (non-hydrogen) atoms. The quantitative estimate of drug-likeness (QED) is 0.104. The minimum absolute atomic E-state index is 0.244. The molecule has 2 aliphatic rings. The standard InChI is InChI=1S/C30H32N6O2.C8H17NO.C2HF3O2/c1-19(2)13-22-18-36(11-12-38-22)17-21-5-3-8-27(33-21)30(37)34-28-14-20(15-29-25(28)16-32-35-29)23-6-4-7-26-24(23)9-10-31-26;1-7(2)5-8-6-9-3-4-10-8;3-2(4,5)1(6)7/h3-10,14-16,19,22,31H,11-13,17-18H2,1-2H3,(H,32,35)(H,34,37);7-9H,3-6H2,1-2H3;(H,6,7). The van der Waals surface area contributed by atoms with E-state index in [1.54, 1.807) is 12.3 Å². The molecule has 2 aliphatic heterocycles. The number of alkyl halides is 3. The normalized spacial score (nSPS) is 17.8. The summed E-state index contributed by atoms with van der Waals surface area (Å²) < 4.78 is 43.2. The second kappa shape index (κ2) is 19.2. The molecule has 7 rings (SSSR count). The number of rotatable bonds is 9. The molecular formula is C40H50F3N7O5. The molecular weight excluding hydrogens is 715 g/mol. The predicted molar refractivity (Wildman–Crippen MR) is 206 cm³/mol. The highest BCUT2D eigenvalue weighted by atomic mass is 19.4. The van der Waals surface area contributed by atoms with Crippen molar-refractivity contribution >= 4 is 39.4 Å². The number of ether oxygens (including phenoxy) is 2. The predicted octanol–water partition coefficient (Wildman–Crippen LogP) is 7.26. The highest BCUT2D eigenvalue weighted by Crippen LogP contribution is 2.34. The lowest BCUT2D eigenvalue weighted by Crippen LogP contribution is -2.42. The molecule has 5 heterocycles. The van der Waals surface area contributed by atoms with Gasteiger partial charge in [-0.15, -0.1) is 0 Å². The number of pyridine rings is 1. The van der Waals surface area contributed by atoms with Crippen LogP contribution >= 0.6 is 0 Å². The van der Waals surface area contributed by atoms with Crippen LogP contribution in [-0.2, 0) is 20.8 Å². The number of carboxylic acids is 1. The Bertz CT molecular complexity index is 2010. The zero-order valence-corrected chi connectivity index (χ0v) is 31.6. The van der Waals surface area contributed by atoms with Gasteiger partial charge in [0.25, 0.3) is 5.91 Å². The smallest absolute Gasteiger partial charge is 0.475 e. The van der Waals surface area contributed by atoms with Crippen molar-refractivity contribution < 1.29 is 37.3 Å². The van der Waals surface area contributed by atoms with E-state index in [0.717, 1.165) is 90.4 Å². The summed E-state index contributed by atoms with van der Waals surface area (Å²) in [5, 5.41) is 22.8. The lowest BCUT2D eigenvalue weighted by atomic mass is 9.99. The Hall–Kier alpha value is -4.83. The summed E-state index contributed by atoms with van der Waals surface area (Å²) in [6.07, 6.45) is 1.54. The van der Waals surface area contributed by atoms with E-state index in [1.807, 2.05) is 30.5 Å². The van der Waals surface area contributed by atoms with Crippen molar-refractivity contribution in [1.82, 2.24) is 30.4 Å². The summed E-state index contributed by atoms with van der Waals surface area (Å²) in [6, 6.07) is 17.9. The maximum absolute atomic E-state index is 13.4. The van der Waals surface area contributed by atoms with E-state index in [-0.39, 0.29) is 12.0 Å². The summed E-state index contributed by atoms with van der Waals surface area (Å²) in [5.74, 6) is -1.65. The zero-order valence-electron chi connectivity index (χ0n) is 31.6. The Labute approximate surface area is 318 Å². The third kappa shape index (κ3) is 12.1. The molecule has 12 nitrogen and oxygen atoms in total. The van der Waals surface area contributed by atoms with E-state index in [9.17, 15) is 18.0 Å². The van der Waals surface area contributed by atoms with Gasteiger partial charge in [0.15, 0.2) is 0 Å². The number of fused-ring (bicyclic) bond motifs is 2. The van der Waals surface area contributed by atoms with Gasteiger partial charge in [-0.1, -0.05) is 45.9 Å². The molecule has 5 aromatic rings. The largest absolute Gasteiger partial charge is 0.490 e. The van der Waals surface area contributed by atoms with Gasteiger partial charge in [-0.2, -0.15) is 18.3 Å². The molecule has 0 radical (unpaired) electrons. The molecule has 0 bridgehead atoms. The number of hydrogen-bond donors (Lipinski definition) is 5. The summed E-state index contributed by atoms with van der Waals surface area (Å²) in [6.45, 7) is 15.0. The molecule has 2 fully saturated rings. The van der Waals surface area contributed by atoms with Crippen LogP contribution in [0.25, 0.3) is 32.9 Å². The number of benzene rings is 2. The minimum Gasteiger partial charge on any atom is -0.475 e. The fourth-order valence-corrected chi connectivity index (χ4v) is 6.65. The summed E-state index contributed by atoms with van der Waals surface area (Å²) in [5.41, 5.74) is 5.96. The molecule has 2 aromatic carbocycles. The van der Waals surface area contributed by atoms with Gasteiger partial charge >= 0.3 is 12.1 Å². The maximum atomic E-state index is 13.4. The first kappa shape index (κ1) is 41.3. The zero-order chi connectivity index (χ0) is 39.5. The first-order valence-electron chi connectivity index (χ1n) is 18.5. The third-order valence-corrected chi connectivity index (χ3v) is 9.08. The number of carbonyl (C=O) groups is 2. The molecule has 296 valence electrons. The first-order valence-corrected chi connectivity index (χ1v) is 18.5. The van der Waals surface area contributed by atoms with Crippen molar-refractivity contribution in [3.8, 4) is 11.1 Å². The SMILES string of the molecule is CC(C)CC1CN(Cc2cccc(C(=O)Nc3cc(-c4cccc5[nH]ccc45)cc4[nH]ncc34)n2)CCO1.CC(C)CC1CNCCO1.O=C(O)C(F)(F)F. The number of amides is 1. The molecule has 1 amide bonds. The highest BCUT2D eigenvalue weighted by molar-refractivity contribution is 6.09. The monoisotopic (exact) mass is 765 g/mol. The lowest BCUT2D eigenvalue weighted by molar-refractivity contribution is -0.192. The fraction of sp³-hybridized carbons (Fsp3) is 0.450. The van der Waals surface area contributed by atoms with Gasteiger partial charge in [0.2, 0.25) is 0 Å². The fourth-order valence-electron chi connectivity index (χ4n) is 6.65. The van der Waals surface area contributed by atoms with Gasteiger partial charge in [-0.05, 0) is 72.2 Å². The molecule has 2 saturated heterocycles. The van der Waals surface area contributed by atoms with Crippen LogP contribution in [0.4, 0.5) is 18.9 Å². The van der Waals surface area contributed by atoms with Gasteiger partial charge < -0.3 is 30.2 Å². The van der Waals surface area contributed by atoms with Crippen LogP contribution in [0, 0.1) is 11.8 Å². The maximum Gasteiger partial charge on any atom is 0.490 e. The van der Waals surface area contributed by atoms with Crippen molar-refractivity contribution in [3.63, 3.8) is 0 Å². The Morgan fingerprint density at radius 2 is 1.69 bits per heavy atom. The van der Waals surface area contributed by atoms with Crippen molar-refractivity contribution in [3.05, 3.63) is 78.4 Å². The van der Waals surface area contributed by atoms with Crippen LogP contribution in [0.3, 0.4) is 0 Å². The van der Waals surface area contributed by atoms with Gasteiger partial charge in [-0.3, -0.25) is 14.8 Å². The molecule has 0 spiro atoms. The average Bonchev–Trinajstić information content (AvgIpc) is 3.82. The number of nitrogens with one attached hydrogen (secondary N) is 4. The second-order valence-corrected chi connectivity index (χ2v) is 14.6. The van der Waals surface area contributed by atoms with Crippen LogP contribution in [0.5, 0.6) is 0 Å². The number of aromatic nitrogens is 4. The second-order valence-electron chi connectivity index (χ2n) is 14.6. The topological polar surface area (TPSA) is 157 Å². The van der Waals surface area contributed by atoms with Crippen LogP contribution in [-0.4, -0.2) is 99.8 Å². The number of nitrogens with zero attached hydrogens (tertiary/aromatic N) is 3. The number of morpholine rings is 2. The molecule has 2 atom stereocenters. The van der Waals surface area contributed by atoms with Gasteiger partial charge in [-0.25, -0.2) is 9.78 Å². The van der Waals surface area contributed by atoms with Gasteiger partial charge in [0.05, 0.1) is 48.5 Å². The van der Waals surface area contributed by atoms with E-state index in [0.29, 0.717) is 29.9 Å². The number of carbonyl (C=O) groups excluding carboxylic acids is 1. The van der Waals surface area contributed by atoms with Crippen LogP contribution in [0.1, 0.15) is 56.7 Å². The first-order chi connectivity index (χ1) is 26.3. The molecule has 0 saturated carbocycles. The molecule has 2 unspecified atom stereocenters. The van der Waals surface area contributed by atoms with Gasteiger partial charge in [0.1, 0.15) is 5.69 Å². The number of H-pyrrole nitrogens is 2. The Morgan fingerprint density at radius 3 is 2.40 bits per heavy atom. The van der Waals surface area contributed by atoms with E-state index < -0.39 is 12.1 Å². The number of hydrogen-bond acceptors (Lipinski definition) is 8. The number of carboxylic acid groups (broad SMARTS) is 1. The number of anilines is 1. The number of aliphatic carboxylic acids is 1. The van der Waals surface area contributed by atoms with Crippen LogP contribution < -0.4 is 10.6 Å². The van der Waals surface area contributed by atoms with Crippen molar-refractivity contribution in [2.75, 3.05) is 44.7 Å². The highest BCUT2D eigenvalue weighted by Gasteiger charge is 2.38. The van der Waals surface area contributed by atoms with E-state index in [4.69, 9.17) is 24.4 Å². The van der Waals surface area contributed by atoms with E-state index in [2.05, 4.69) is 82.7 Å². The van der Waals surface area contributed by atoms with Crippen molar-refractivity contribution in [1.29, 1.82) is 0 Å². The Kier molecular flexibility index (Phi) is 14.4. The summed E-state index contributed by atoms with van der Waals surface area (Å²) in [7, 11) is 0. The van der Waals surface area contributed by atoms with Crippen LogP contribution in [0.2, 0.25) is 0 Å². The van der Waals surface area contributed by atoms with Crippen molar-refractivity contribution in [2.24, 2.45) is 11.8 Å².